The van der Waals surface area contributed by atoms with E-state index in [1.54, 1.807) is 25.6 Å². The quantitative estimate of drug-likeness (QED) is 0.753. The van der Waals surface area contributed by atoms with Crippen molar-refractivity contribution in [3.63, 3.8) is 0 Å². The second-order valence-electron chi connectivity index (χ2n) is 2.93. The van der Waals surface area contributed by atoms with E-state index in [1.165, 1.54) is 0 Å². The maximum absolute atomic E-state index is 5.32. The summed E-state index contributed by atoms with van der Waals surface area (Å²) in [5.74, 6) is 1.56. The van der Waals surface area contributed by atoms with Crippen molar-refractivity contribution < 1.29 is 9.47 Å². The van der Waals surface area contributed by atoms with Crippen molar-refractivity contribution in [2.75, 3.05) is 14.2 Å². The molecule has 2 rings (SSSR count). The molecule has 14 heavy (non-hydrogen) atoms. The van der Waals surface area contributed by atoms with Crippen LogP contribution < -0.4 is 9.47 Å². The molecule has 1 aromatic carbocycles. The summed E-state index contributed by atoms with van der Waals surface area (Å²) in [5, 5.41) is 1.15. The van der Waals surface area contributed by atoms with E-state index in [-0.39, 0.29) is 0 Å². The van der Waals surface area contributed by atoms with E-state index in [0.29, 0.717) is 0 Å². The van der Waals surface area contributed by atoms with E-state index in [2.05, 4.69) is 6.92 Å². The molecule has 0 N–H and O–H groups in total. The van der Waals surface area contributed by atoms with Crippen molar-refractivity contribution in [1.29, 1.82) is 0 Å². The van der Waals surface area contributed by atoms with Crippen LogP contribution in [0.1, 0.15) is 4.88 Å². The summed E-state index contributed by atoms with van der Waals surface area (Å²) >= 11 is 1.62. The standard InChI is InChI=1S/C11H11O2S/c1-7-6-8-4-5-9(12-2)10(13-3)11(8)14-7/h4-6H,1H2,2-3H3. The molecule has 0 spiro atoms. The Labute approximate surface area is 87.1 Å². The summed E-state index contributed by atoms with van der Waals surface area (Å²) in [6.45, 7) is 3.91. The van der Waals surface area contributed by atoms with Gasteiger partial charge in [-0.25, -0.2) is 0 Å². The molecule has 0 aliphatic heterocycles. The zero-order chi connectivity index (χ0) is 10.1. The second-order valence-corrected chi connectivity index (χ2v) is 4.07. The van der Waals surface area contributed by atoms with Gasteiger partial charge in [0.1, 0.15) is 0 Å². The molecule has 1 heterocycles. The fourth-order valence-electron chi connectivity index (χ4n) is 1.47. The first-order valence-corrected chi connectivity index (χ1v) is 5.04. The van der Waals surface area contributed by atoms with E-state index < -0.39 is 0 Å². The predicted molar refractivity (Wildman–Crippen MR) is 59.4 cm³/mol. The van der Waals surface area contributed by atoms with Crippen molar-refractivity contribution in [3.8, 4) is 11.5 Å². The molecule has 2 aromatic rings. The van der Waals surface area contributed by atoms with Crippen molar-refractivity contribution in [2.45, 2.75) is 0 Å². The Morgan fingerprint density at radius 1 is 1.21 bits per heavy atom. The van der Waals surface area contributed by atoms with Crippen molar-refractivity contribution in [1.82, 2.24) is 0 Å². The highest BCUT2D eigenvalue weighted by molar-refractivity contribution is 7.19. The minimum atomic E-state index is 0.766. The lowest BCUT2D eigenvalue weighted by molar-refractivity contribution is 0.359. The van der Waals surface area contributed by atoms with E-state index in [9.17, 15) is 0 Å². The largest absolute Gasteiger partial charge is 0.493 e. The van der Waals surface area contributed by atoms with Gasteiger partial charge in [-0.2, -0.15) is 0 Å². The highest BCUT2D eigenvalue weighted by atomic mass is 32.1. The molecular formula is C11H11O2S. The highest BCUT2D eigenvalue weighted by Gasteiger charge is 2.10. The molecule has 0 aliphatic rings. The minimum absolute atomic E-state index is 0.766. The average Bonchev–Trinajstić information content (AvgIpc) is 2.56. The van der Waals surface area contributed by atoms with Gasteiger partial charge in [-0.1, -0.05) is 0 Å². The Balaban J connectivity index is 2.75. The van der Waals surface area contributed by atoms with Crippen molar-refractivity contribution in [2.24, 2.45) is 0 Å². The number of rotatable bonds is 2. The smallest absolute Gasteiger partial charge is 0.178 e. The van der Waals surface area contributed by atoms with Crippen LogP contribution in [0.2, 0.25) is 0 Å². The van der Waals surface area contributed by atoms with E-state index in [0.717, 1.165) is 26.5 Å². The fourth-order valence-corrected chi connectivity index (χ4v) is 2.44. The lowest BCUT2D eigenvalue weighted by Crippen LogP contribution is -1.89. The van der Waals surface area contributed by atoms with E-state index in [4.69, 9.17) is 9.47 Å². The normalized spacial score (nSPS) is 10.5. The number of fused-ring (bicyclic) bond motifs is 1. The second kappa shape index (κ2) is 3.50. The Morgan fingerprint density at radius 3 is 2.64 bits per heavy atom. The van der Waals surface area contributed by atoms with E-state index in [1.807, 2.05) is 18.2 Å². The van der Waals surface area contributed by atoms with Crippen LogP contribution >= 0.6 is 11.3 Å². The van der Waals surface area contributed by atoms with Gasteiger partial charge >= 0.3 is 0 Å². The molecule has 2 nitrogen and oxygen atoms in total. The summed E-state index contributed by atoms with van der Waals surface area (Å²) in [4.78, 5) is 1.03. The van der Waals surface area contributed by atoms with Gasteiger partial charge in [0.25, 0.3) is 0 Å². The third-order valence-electron chi connectivity index (χ3n) is 2.08. The average molecular weight is 207 g/mol. The maximum Gasteiger partial charge on any atom is 0.178 e. The lowest BCUT2D eigenvalue weighted by atomic mass is 10.2. The molecule has 0 saturated heterocycles. The van der Waals surface area contributed by atoms with Gasteiger partial charge in [0.15, 0.2) is 11.5 Å². The number of hydrogen-bond acceptors (Lipinski definition) is 3. The van der Waals surface area contributed by atoms with Gasteiger partial charge in [-0.05, 0) is 30.5 Å². The van der Waals surface area contributed by atoms with Crippen molar-refractivity contribution in [3.05, 3.63) is 30.0 Å². The van der Waals surface area contributed by atoms with E-state index >= 15 is 0 Å². The number of ether oxygens (including phenoxy) is 2. The molecule has 0 bridgehead atoms. The van der Waals surface area contributed by atoms with Gasteiger partial charge in [0.2, 0.25) is 0 Å². The summed E-state index contributed by atoms with van der Waals surface area (Å²) in [5.41, 5.74) is 0. The maximum atomic E-state index is 5.32. The van der Waals surface area contributed by atoms with Crippen LogP contribution in [0.25, 0.3) is 10.1 Å². The van der Waals surface area contributed by atoms with Gasteiger partial charge in [0.05, 0.1) is 18.9 Å². The number of hydrogen-bond donors (Lipinski definition) is 0. The Hall–Kier alpha value is -1.22. The first kappa shape index (κ1) is 9.34. The summed E-state index contributed by atoms with van der Waals surface area (Å²) in [6, 6.07) is 5.97. The van der Waals surface area contributed by atoms with Crippen LogP contribution in [0.4, 0.5) is 0 Å². The molecule has 0 fully saturated rings. The van der Waals surface area contributed by atoms with Crippen LogP contribution in [0.3, 0.4) is 0 Å². The van der Waals surface area contributed by atoms with Crippen LogP contribution in [-0.2, 0) is 0 Å². The molecule has 0 aliphatic carbocycles. The molecular weight excluding hydrogens is 196 g/mol. The third-order valence-corrected chi connectivity index (χ3v) is 3.09. The third kappa shape index (κ3) is 1.34. The van der Waals surface area contributed by atoms with Gasteiger partial charge in [0, 0.05) is 4.88 Å². The summed E-state index contributed by atoms with van der Waals surface area (Å²) in [7, 11) is 3.29. The first-order valence-electron chi connectivity index (χ1n) is 4.22. The highest BCUT2D eigenvalue weighted by Crippen LogP contribution is 2.39. The van der Waals surface area contributed by atoms with Gasteiger partial charge in [-0.15, -0.1) is 11.3 Å². The Kier molecular flexibility index (Phi) is 2.33. The Morgan fingerprint density at radius 2 is 2.00 bits per heavy atom. The molecule has 1 radical (unpaired) electrons. The Bertz CT molecular complexity index is 460. The number of methoxy groups -OCH3 is 2. The summed E-state index contributed by atoms with van der Waals surface area (Å²) < 4.78 is 11.6. The molecule has 0 atom stereocenters. The SMILES string of the molecule is [CH2]c1cc2ccc(OC)c(OC)c2s1. The molecule has 73 valence electrons. The molecule has 3 heteroatoms. The fraction of sp³-hybridized carbons (Fsp3) is 0.182. The van der Waals surface area contributed by atoms with Crippen LogP contribution in [-0.4, -0.2) is 14.2 Å². The van der Waals surface area contributed by atoms with Gasteiger partial charge in [-0.3, -0.25) is 0 Å². The zero-order valence-corrected chi connectivity index (χ0v) is 8.98. The molecule has 0 unspecified atom stereocenters. The monoisotopic (exact) mass is 207 g/mol. The molecule has 0 saturated carbocycles. The van der Waals surface area contributed by atoms with Gasteiger partial charge < -0.3 is 9.47 Å². The zero-order valence-electron chi connectivity index (χ0n) is 8.16. The molecule has 0 amide bonds. The first-order chi connectivity index (χ1) is 6.76. The lowest BCUT2D eigenvalue weighted by Gasteiger charge is -2.07. The predicted octanol–water partition coefficient (Wildman–Crippen LogP) is 3.10. The minimum Gasteiger partial charge on any atom is -0.493 e. The van der Waals surface area contributed by atoms with Crippen molar-refractivity contribution >= 4 is 21.4 Å². The number of benzene rings is 1. The van der Waals surface area contributed by atoms with Crippen LogP contribution in [0.15, 0.2) is 18.2 Å². The van der Waals surface area contributed by atoms with Crippen LogP contribution in [0, 0.1) is 6.92 Å². The number of thiophene rings is 1. The topological polar surface area (TPSA) is 18.5 Å². The van der Waals surface area contributed by atoms with Crippen LogP contribution in [0.5, 0.6) is 11.5 Å². The summed E-state index contributed by atoms with van der Waals surface area (Å²) in [6.07, 6.45) is 0. The molecule has 1 aromatic heterocycles.